The summed E-state index contributed by atoms with van der Waals surface area (Å²) in [5, 5.41) is 4.11. The summed E-state index contributed by atoms with van der Waals surface area (Å²) in [7, 11) is 1.88. The van der Waals surface area contributed by atoms with Crippen LogP contribution in [0.25, 0.3) is 0 Å². The summed E-state index contributed by atoms with van der Waals surface area (Å²) in [5.74, 6) is 2.54. The first kappa shape index (κ1) is 13.3. The first-order chi connectivity index (χ1) is 8.19. The monoisotopic (exact) mass is 234 g/mol. The molecule has 5 nitrogen and oxygen atoms in total. The smallest absolute Gasteiger partial charge is 0.268 e. The molecule has 0 bridgehead atoms. The van der Waals surface area contributed by atoms with Gasteiger partial charge in [0.2, 0.25) is 0 Å². The van der Waals surface area contributed by atoms with Gasteiger partial charge in [-0.15, -0.1) is 12.3 Å². The fourth-order valence-corrected chi connectivity index (χ4v) is 1.45. The highest BCUT2D eigenvalue weighted by molar-refractivity contribution is 5.41. The van der Waals surface area contributed by atoms with Crippen LogP contribution in [0, 0.1) is 12.3 Å². The zero-order valence-electron chi connectivity index (χ0n) is 10.1. The molecular weight excluding hydrogens is 216 g/mol. The highest BCUT2D eigenvalue weighted by Gasteiger charge is 2.03. The average Bonchev–Trinajstić information content (AvgIpc) is 2.31. The molecule has 0 fully saturated rings. The predicted octanol–water partition coefficient (Wildman–Crippen LogP) is 0.0516. The Balaban J connectivity index is 2.73. The number of aryl methyl sites for hydroxylation is 1. The molecule has 0 amide bonds. The van der Waals surface area contributed by atoms with E-state index in [4.69, 9.17) is 12.2 Å². The fraction of sp³-hybridized carbons (Fsp3) is 0.500. The van der Waals surface area contributed by atoms with Crippen LogP contribution in [0.1, 0.15) is 12.8 Å². The summed E-state index contributed by atoms with van der Waals surface area (Å²) >= 11 is 0. The molecule has 0 aliphatic carbocycles. The summed E-state index contributed by atoms with van der Waals surface area (Å²) in [6.07, 6.45) is 8.25. The van der Waals surface area contributed by atoms with E-state index in [0.717, 1.165) is 12.1 Å². The highest BCUT2D eigenvalue weighted by Crippen LogP contribution is 2.05. The minimum Gasteiger partial charge on any atom is -0.372 e. The Bertz CT molecular complexity index is 447. The van der Waals surface area contributed by atoms with Crippen LogP contribution >= 0.6 is 0 Å². The molecule has 0 saturated carbocycles. The molecule has 0 unspecified atom stereocenters. The van der Waals surface area contributed by atoms with Crippen LogP contribution in [0.4, 0.5) is 5.69 Å². The second-order valence-corrected chi connectivity index (χ2v) is 3.79. The lowest BCUT2D eigenvalue weighted by atomic mass is 10.3. The average molecular weight is 234 g/mol. The van der Waals surface area contributed by atoms with Crippen molar-refractivity contribution >= 4 is 5.69 Å². The van der Waals surface area contributed by atoms with E-state index in [1.807, 2.05) is 11.9 Å². The number of likely N-dealkylation sites (N-methyl/N-ethyl adjacent to an activating group) is 1. The molecule has 0 aromatic carbocycles. The van der Waals surface area contributed by atoms with Gasteiger partial charge in [-0.3, -0.25) is 4.79 Å². The number of nitrogens with zero attached hydrogens (tertiary/aromatic N) is 3. The van der Waals surface area contributed by atoms with Gasteiger partial charge in [0.1, 0.15) is 0 Å². The Labute approximate surface area is 101 Å². The van der Waals surface area contributed by atoms with Crippen molar-refractivity contribution in [2.45, 2.75) is 19.4 Å². The molecular formula is C12H18N4O. The van der Waals surface area contributed by atoms with Gasteiger partial charge in [0.15, 0.2) is 0 Å². The molecule has 0 radical (unpaired) electrons. The van der Waals surface area contributed by atoms with Crippen molar-refractivity contribution in [1.29, 1.82) is 0 Å². The quantitative estimate of drug-likeness (QED) is 0.558. The Morgan fingerprint density at radius 2 is 2.41 bits per heavy atom. The van der Waals surface area contributed by atoms with Gasteiger partial charge in [-0.1, -0.05) is 0 Å². The van der Waals surface area contributed by atoms with Crippen molar-refractivity contribution in [3.63, 3.8) is 0 Å². The van der Waals surface area contributed by atoms with Crippen LogP contribution in [0.15, 0.2) is 17.1 Å². The van der Waals surface area contributed by atoms with E-state index in [0.29, 0.717) is 26.1 Å². The maximum Gasteiger partial charge on any atom is 0.268 e. The number of hydrogen-bond donors (Lipinski definition) is 1. The summed E-state index contributed by atoms with van der Waals surface area (Å²) < 4.78 is 1.43. The third kappa shape index (κ3) is 3.93. The molecule has 92 valence electrons. The Kier molecular flexibility index (Phi) is 5.24. The topological polar surface area (TPSA) is 64.2 Å². The van der Waals surface area contributed by atoms with Gasteiger partial charge in [0, 0.05) is 39.2 Å². The van der Waals surface area contributed by atoms with Crippen molar-refractivity contribution in [2.24, 2.45) is 5.73 Å². The van der Waals surface area contributed by atoms with Gasteiger partial charge in [-0.25, -0.2) is 4.68 Å². The molecule has 5 heteroatoms. The van der Waals surface area contributed by atoms with Gasteiger partial charge >= 0.3 is 0 Å². The SMILES string of the molecule is C#CCCCn1ncc(N(C)CCN)cc1=O. The van der Waals surface area contributed by atoms with Gasteiger partial charge < -0.3 is 10.6 Å². The summed E-state index contributed by atoms with van der Waals surface area (Å²) in [4.78, 5) is 13.6. The Hall–Kier alpha value is -1.80. The van der Waals surface area contributed by atoms with E-state index >= 15 is 0 Å². The van der Waals surface area contributed by atoms with Gasteiger partial charge in [-0.05, 0) is 6.42 Å². The van der Waals surface area contributed by atoms with Crippen molar-refractivity contribution in [1.82, 2.24) is 9.78 Å². The van der Waals surface area contributed by atoms with Gasteiger partial charge in [-0.2, -0.15) is 5.10 Å². The van der Waals surface area contributed by atoms with Crippen molar-refractivity contribution in [2.75, 3.05) is 25.0 Å². The zero-order chi connectivity index (χ0) is 12.7. The second-order valence-electron chi connectivity index (χ2n) is 3.79. The predicted molar refractivity (Wildman–Crippen MR) is 68.9 cm³/mol. The largest absolute Gasteiger partial charge is 0.372 e. The molecule has 0 spiro atoms. The highest BCUT2D eigenvalue weighted by atomic mass is 16.1. The number of terminal acetylenes is 1. The number of anilines is 1. The molecule has 1 rings (SSSR count). The maximum absolute atomic E-state index is 11.7. The van der Waals surface area contributed by atoms with Crippen molar-refractivity contribution < 1.29 is 0 Å². The first-order valence-electron chi connectivity index (χ1n) is 5.61. The normalized spacial score (nSPS) is 9.94. The van der Waals surface area contributed by atoms with E-state index in [1.54, 1.807) is 12.3 Å². The van der Waals surface area contributed by atoms with Crippen molar-refractivity contribution in [3.05, 3.63) is 22.6 Å². The molecule has 0 aliphatic heterocycles. The van der Waals surface area contributed by atoms with E-state index in [1.165, 1.54) is 4.68 Å². The van der Waals surface area contributed by atoms with Crippen molar-refractivity contribution in [3.8, 4) is 12.3 Å². The summed E-state index contributed by atoms with van der Waals surface area (Å²) in [5.41, 5.74) is 6.13. The summed E-state index contributed by atoms with van der Waals surface area (Å²) in [6.45, 7) is 1.80. The second kappa shape index (κ2) is 6.71. The first-order valence-corrected chi connectivity index (χ1v) is 5.61. The minimum absolute atomic E-state index is 0.108. The summed E-state index contributed by atoms with van der Waals surface area (Å²) in [6, 6.07) is 1.57. The number of rotatable bonds is 6. The van der Waals surface area contributed by atoms with E-state index < -0.39 is 0 Å². The lowest BCUT2D eigenvalue weighted by Crippen LogP contribution is -2.28. The Morgan fingerprint density at radius 1 is 1.65 bits per heavy atom. The van der Waals surface area contributed by atoms with Crippen LogP contribution in [-0.4, -0.2) is 29.9 Å². The molecule has 1 heterocycles. The third-order valence-electron chi connectivity index (χ3n) is 2.45. The van der Waals surface area contributed by atoms with Crippen LogP contribution in [0.2, 0.25) is 0 Å². The van der Waals surface area contributed by atoms with Gasteiger partial charge in [0.05, 0.1) is 11.9 Å². The number of aromatic nitrogens is 2. The third-order valence-corrected chi connectivity index (χ3v) is 2.45. The molecule has 17 heavy (non-hydrogen) atoms. The molecule has 1 aromatic heterocycles. The lowest BCUT2D eigenvalue weighted by molar-refractivity contribution is 0.554. The minimum atomic E-state index is -0.108. The van der Waals surface area contributed by atoms with Crippen LogP contribution in [0.5, 0.6) is 0 Å². The maximum atomic E-state index is 11.7. The zero-order valence-corrected chi connectivity index (χ0v) is 10.1. The Morgan fingerprint density at radius 3 is 3.00 bits per heavy atom. The molecule has 2 N–H and O–H groups in total. The lowest BCUT2D eigenvalue weighted by Gasteiger charge is -2.17. The van der Waals surface area contributed by atoms with Crippen LogP contribution in [0.3, 0.4) is 0 Å². The van der Waals surface area contributed by atoms with Gasteiger partial charge in [0.25, 0.3) is 5.56 Å². The molecule has 0 atom stereocenters. The van der Waals surface area contributed by atoms with E-state index in [-0.39, 0.29) is 5.56 Å². The molecule has 1 aromatic rings. The number of nitrogens with two attached hydrogens (primary N) is 1. The molecule has 0 aliphatic rings. The van der Waals surface area contributed by atoms with Crippen LogP contribution in [-0.2, 0) is 6.54 Å². The van der Waals surface area contributed by atoms with E-state index in [9.17, 15) is 4.79 Å². The van der Waals surface area contributed by atoms with Crippen LogP contribution < -0.4 is 16.2 Å². The fourth-order valence-electron chi connectivity index (χ4n) is 1.45. The molecule has 0 saturated heterocycles. The van der Waals surface area contributed by atoms with E-state index in [2.05, 4.69) is 11.0 Å². The standard InChI is InChI=1S/C12H18N4O/c1-3-4-5-7-16-12(17)9-11(10-14-16)15(2)8-6-13/h1,9-10H,4-8,13H2,2H3. The number of hydrogen-bond acceptors (Lipinski definition) is 4. The number of unbranched alkanes of at least 4 members (excludes halogenated alkanes) is 1.